The maximum atomic E-state index is 12.9. The van der Waals surface area contributed by atoms with Crippen LogP contribution in [0.4, 0.5) is 0 Å². The number of benzene rings is 2. The zero-order valence-electron chi connectivity index (χ0n) is 16.4. The molecule has 0 spiro atoms. The smallest absolute Gasteiger partial charge is 0.240 e. The molecule has 6 nitrogen and oxygen atoms in total. The molecule has 0 amide bonds. The van der Waals surface area contributed by atoms with Crippen molar-refractivity contribution in [3.63, 3.8) is 0 Å². The van der Waals surface area contributed by atoms with E-state index >= 15 is 0 Å². The molecule has 156 valence electrons. The third-order valence-electron chi connectivity index (χ3n) is 5.33. The van der Waals surface area contributed by atoms with Crippen LogP contribution in [-0.2, 0) is 20.2 Å². The van der Waals surface area contributed by atoms with E-state index in [1.165, 1.54) is 19.1 Å². The Bertz CT molecular complexity index is 1000. The number of Topliss-reactive ketones (excluding diaryl/α,β-unsaturated/α-hetero) is 1. The topological polar surface area (TPSA) is 81.7 Å². The minimum absolute atomic E-state index is 0.0606. The Labute approximate surface area is 176 Å². The highest BCUT2D eigenvalue weighted by atomic mass is 35.5. The molecule has 0 unspecified atom stereocenters. The molecule has 0 saturated carbocycles. The van der Waals surface area contributed by atoms with E-state index in [4.69, 9.17) is 21.1 Å². The summed E-state index contributed by atoms with van der Waals surface area (Å²) in [6.45, 7) is 2.59. The van der Waals surface area contributed by atoms with Crippen LogP contribution >= 0.6 is 11.6 Å². The maximum absolute atomic E-state index is 12.9. The van der Waals surface area contributed by atoms with Crippen molar-refractivity contribution in [2.75, 3.05) is 26.9 Å². The van der Waals surface area contributed by atoms with Gasteiger partial charge in [-0.05, 0) is 50.1 Å². The molecule has 8 heteroatoms. The van der Waals surface area contributed by atoms with Crippen LogP contribution < -0.4 is 9.46 Å². The highest BCUT2D eigenvalue weighted by molar-refractivity contribution is 7.89. The summed E-state index contributed by atoms with van der Waals surface area (Å²) in [4.78, 5) is 11.7. The number of nitrogens with one attached hydrogen (secondary N) is 1. The SMILES string of the molecule is COc1ccc(Cl)cc1C1(CNS(=O)(=O)c2cccc(C(C)=O)c2)CCOCC1. The molecule has 1 heterocycles. The van der Waals surface area contributed by atoms with Crippen LogP contribution in [0.5, 0.6) is 5.75 Å². The summed E-state index contributed by atoms with van der Waals surface area (Å²) in [7, 11) is -2.23. The zero-order valence-corrected chi connectivity index (χ0v) is 18.0. The molecule has 1 fully saturated rings. The monoisotopic (exact) mass is 437 g/mol. The van der Waals surface area contributed by atoms with E-state index in [2.05, 4.69) is 4.72 Å². The lowest BCUT2D eigenvalue weighted by molar-refractivity contribution is 0.0509. The first kappa shape index (κ1) is 21.8. The van der Waals surface area contributed by atoms with E-state index in [-0.39, 0.29) is 17.2 Å². The summed E-state index contributed by atoms with van der Waals surface area (Å²) >= 11 is 6.23. The van der Waals surface area contributed by atoms with Crippen molar-refractivity contribution in [3.05, 3.63) is 58.6 Å². The van der Waals surface area contributed by atoms with E-state index in [1.807, 2.05) is 6.07 Å². The Kier molecular flexibility index (Phi) is 6.63. The highest BCUT2D eigenvalue weighted by Crippen LogP contribution is 2.41. The number of halogens is 1. The van der Waals surface area contributed by atoms with Gasteiger partial charge in [-0.2, -0.15) is 0 Å². The third-order valence-corrected chi connectivity index (χ3v) is 6.97. The molecule has 0 aromatic heterocycles. The fourth-order valence-corrected chi connectivity index (χ4v) is 4.94. The van der Waals surface area contributed by atoms with E-state index in [0.29, 0.717) is 42.4 Å². The van der Waals surface area contributed by atoms with Crippen molar-refractivity contribution in [2.45, 2.75) is 30.1 Å². The number of carbonyl (C=O) groups is 1. The first-order valence-electron chi connectivity index (χ1n) is 9.30. The third kappa shape index (κ3) is 4.80. The lowest BCUT2D eigenvalue weighted by Crippen LogP contribution is -2.44. The van der Waals surface area contributed by atoms with Crippen LogP contribution in [0, 0.1) is 0 Å². The van der Waals surface area contributed by atoms with Gasteiger partial charge in [0, 0.05) is 41.3 Å². The molecule has 1 aliphatic heterocycles. The lowest BCUT2D eigenvalue weighted by Gasteiger charge is -2.38. The predicted molar refractivity (Wildman–Crippen MR) is 111 cm³/mol. The number of ketones is 1. The molecule has 29 heavy (non-hydrogen) atoms. The molecule has 1 aliphatic rings. The summed E-state index contributed by atoms with van der Waals surface area (Å²) in [6.07, 6.45) is 1.25. The summed E-state index contributed by atoms with van der Waals surface area (Å²) in [5, 5.41) is 0.559. The van der Waals surface area contributed by atoms with Crippen molar-refractivity contribution in [1.82, 2.24) is 4.72 Å². The van der Waals surface area contributed by atoms with Gasteiger partial charge in [-0.25, -0.2) is 13.1 Å². The standard InChI is InChI=1S/C21H24ClNO5S/c1-15(24)16-4-3-5-18(12-16)29(25,26)23-14-21(8-10-28-11-9-21)19-13-17(22)6-7-20(19)27-2/h3-7,12-13,23H,8-11,14H2,1-2H3. The van der Waals surface area contributed by atoms with Crippen LogP contribution in [0.3, 0.4) is 0 Å². The lowest BCUT2D eigenvalue weighted by atomic mass is 9.74. The van der Waals surface area contributed by atoms with Gasteiger partial charge in [-0.1, -0.05) is 23.7 Å². The number of hydrogen-bond acceptors (Lipinski definition) is 5. The Morgan fingerprint density at radius 1 is 1.21 bits per heavy atom. The van der Waals surface area contributed by atoms with Crippen molar-refractivity contribution in [3.8, 4) is 5.75 Å². The second-order valence-electron chi connectivity index (χ2n) is 7.15. The number of methoxy groups -OCH3 is 1. The number of carbonyl (C=O) groups excluding carboxylic acids is 1. The van der Waals surface area contributed by atoms with Crippen molar-refractivity contribution in [2.24, 2.45) is 0 Å². The molecular formula is C21H24ClNO5S. The molecule has 1 N–H and O–H groups in total. The van der Waals surface area contributed by atoms with Crippen LogP contribution in [0.2, 0.25) is 5.02 Å². The quantitative estimate of drug-likeness (QED) is 0.669. The minimum Gasteiger partial charge on any atom is -0.496 e. The Morgan fingerprint density at radius 2 is 1.93 bits per heavy atom. The zero-order chi connectivity index (χ0) is 21.1. The van der Waals surface area contributed by atoms with E-state index < -0.39 is 15.4 Å². The summed E-state index contributed by atoms with van der Waals surface area (Å²) in [6, 6.07) is 11.4. The van der Waals surface area contributed by atoms with Crippen LogP contribution in [0.1, 0.15) is 35.7 Å². The second kappa shape index (κ2) is 8.83. The van der Waals surface area contributed by atoms with Crippen molar-refractivity contribution >= 4 is 27.4 Å². The molecule has 0 aliphatic carbocycles. The predicted octanol–water partition coefficient (Wildman–Crippen LogP) is 3.58. The Morgan fingerprint density at radius 3 is 2.59 bits per heavy atom. The average molecular weight is 438 g/mol. The van der Waals surface area contributed by atoms with Gasteiger partial charge in [-0.15, -0.1) is 0 Å². The van der Waals surface area contributed by atoms with Gasteiger partial charge in [0.2, 0.25) is 10.0 Å². The maximum Gasteiger partial charge on any atom is 0.240 e. The molecule has 0 atom stereocenters. The first-order valence-corrected chi connectivity index (χ1v) is 11.2. The Hall–Kier alpha value is -1.93. The second-order valence-corrected chi connectivity index (χ2v) is 9.35. The molecule has 3 rings (SSSR count). The fourth-order valence-electron chi connectivity index (χ4n) is 3.60. The van der Waals surface area contributed by atoms with Gasteiger partial charge in [0.1, 0.15) is 5.75 Å². The number of sulfonamides is 1. The molecule has 2 aromatic rings. The van der Waals surface area contributed by atoms with E-state index in [0.717, 1.165) is 5.56 Å². The molecule has 1 saturated heterocycles. The van der Waals surface area contributed by atoms with Crippen LogP contribution in [-0.4, -0.2) is 41.1 Å². The largest absolute Gasteiger partial charge is 0.496 e. The summed E-state index contributed by atoms with van der Waals surface area (Å²) in [5.41, 5.74) is 0.695. The van der Waals surface area contributed by atoms with Crippen LogP contribution in [0.15, 0.2) is 47.4 Å². The van der Waals surface area contributed by atoms with Crippen LogP contribution in [0.25, 0.3) is 0 Å². The van der Waals surface area contributed by atoms with E-state index in [1.54, 1.807) is 31.4 Å². The molecular weight excluding hydrogens is 414 g/mol. The summed E-state index contributed by atoms with van der Waals surface area (Å²) in [5.74, 6) is 0.473. The summed E-state index contributed by atoms with van der Waals surface area (Å²) < 4.78 is 39.6. The minimum atomic E-state index is -3.81. The van der Waals surface area contributed by atoms with Gasteiger partial charge in [-0.3, -0.25) is 4.79 Å². The normalized spacial score (nSPS) is 16.4. The van der Waals surface area contributed by atoms with Gasteiger partial charge >= 0.3 is 0 Å². The fraction of sp³-hybridized carbons (Fsp3) is 0.381. The van der Waals surface area contributed by atoms with E-state index in [9.17, 15) is 13.2 Å². The van der Waals surface area contributed by atoms with Gasteiger partial charge < -0.3 is 9.47 Å². The van der Waals surface area contributed by atoms with Crippen molar-refractivity contribution < 1.29 is 22.7 Å². The number of ether oxygens (including phenoxy) is 2. The molecule has 0 bridgehead atoms. The van der Waals surface area contributed by atoms with Gasteiger partial charge in [0.15, 0.2) is 5.78 Å². The van der Waals surface area contributed by atoms with Gasteiger partial charge in [0.05, 0.1) is 12.0 Å². The molecule has 2 aromatic carbocycles. The number of rotatable bonds is 7. The first-order chi connectivity index (χ1) is 13.8. The molecule has 0 radical (unpaired) electrons. The van der Waals surface area contributed by atoms with Crippen molar-refractivity contribution in [1.29, 1.82) is 0 Å². The average Bonchev–Trinajstić information content (AvgIpc) is 2.73. The van der Waals surface area contributed by atoms with Gasteiger partial charge in [0.25, 0.3) is 0 Å². The Balaban J connectivity index is 1.93. The highest BCUT2D eigenvalue weighted by Gasteiger charge is 2.38. The number of hydrogen-bond donors (Lipinski definition) is 1.